The predicted molar refractivity (Wildman–Crippen MR) is 66.5 cm³/mol. The molecule has 1 heterocycles. The van der Waals surface area contributed by atoms with Gasteiger partial charge in [-0.15, -0.1) is 11.8 Å². The SMILES string of the molecule is CCCCCSc1cc(C(=O)O)c(Cl)cn1. The lowest BCUT2D eigenvalue weighted by Gasteiger charge is -2.03. The molecule has 0 amide bonds. The molecule has 0 atom stereocenters. The standard InChI is InChI=1S/C11H14ClNO2S/c1-2-3-4-5-16-10-6-8(11(14)15)9(12)7-13-10/h6-7H,2-5H2,1H3,(H,14,15). The largest absolute Gasteiger partial charge is 0.478 e. The van der Waals surface area contributed by atoms with Crippen molar-refractivity contribution in [2.45, 2.75) is 31.2 Å². The maximum absolute atomic E-state index is 10.8. The number of thioether (sulfide) groups is 1. The van der Waals surface area contributed by atoms with Gasteiger partial charge in [0.15, 0.2) is 0 Å². The fraction of sp³-hybridized carbons (Fsp3) is 0.455. The first kappa shape index (κ1) is 13.3. The van der Waals surface area contributed by atoms with Gasteiger partial charge in [-0.1, -0.05) is 31.4 Å². The Morgan fingerprint density at radius 2 is 2.31 bits per heavy atom. The van der Waals surface area contributed by atoms with E-state index < -0.39 is 5.97 Å². The third kappa shape index (κ3) is 4.02. The van der Waals surface area contributed by atoms with Crippen molar-refractivity contribution in [3.05, 3.63) is 22.8 Å². The van der Waals surface area contributed by atoms with E-state index in [2.05, 4.69) is 11.9 Å². The van der Waals surface area contributed by atoms with Crippen molar-refractivity contribution >= 4 is 29.3 Å². The van der Waals surface area contributed by atoms with Crippen LogP contribution in [0.25, 0.3) is 0 Å². The van der Waals surface area contributed by atoms with E-state index in [9.17, 15) is 4.79 Å². The van der Waals surface area contributed by atoms with Crippen LogP contribution in [-0.2, 0) is 0 Å². The highest BCUT2D eigenvalue weighted by atomic mass is 35.5. The van der Waals surface area contributed by atoms with Crippen molar-refractivity contribution in [2.75, 3.05) is 5.75 Å². The maximum atomic E-state index is 10.8. The molecular weight excluding hydrogens is 246 g/mol. The highest BCUT2D eigenvalue weighted by Crippen LogP contribution is 2.22. The summed E-state index contributed by atoms with van der Waals surface area (Å²) in [5, 5.41) is 9.78. The van der Waals surface area contributed by atoms with Crippen LogP contribution < -0.4 is 0 Å². The molecule has 5 heteroatoms. The van der Waals surface area contributed by atoms with Gasteiger partial charge in [-0.3, -0.25) is 0 Å². The van der Waals surface area contributed by atoms with E-state index in [0.29, 0.717) is 0 Å². The van der Waals surface area contributed by atoms with Crippen molar-refractivity contribution in [1.82, 2.24) is 4.98 Å². The Hall–Kier alpha value is -0.740. The zero-order valence-electron chi connectivity index (χ0n) is 9.07. The predicted octanol–water partition coefficient (Wildman–Crippen LogP) is 3.72. The third-order valence-corrected chi connectivity index (χ3v) is 3.37. The van der Waals surface area contributed by atoms with Crippen LogP contribution in [0.15, 0.2) is 17.3 Å². The number of carbonyl (C=O) groups is 1. The van der Waals surface area contributed by atoms with Gasteiger partial charge < -0.3 is 5.11 Å². The summed E-state index contributed by atoms with van der Waals surface area (Å²) >= 11 is 7.29. The summed E-state index contributed by atoms with van der Waals surface area (Å²) in [4.78, 5) is 14.9. The molecule has 0 spiro atoms. The average Bonchev–Trinajstić information content (AvgIpc) is 2.26. The van der Waals surface area contributed by atoms with Gasteiger partial charge in [-0.25, -0.2) is 9.78 Å². The Balaban J connectivity index is 2.61. The van der Waals surface area contributed by atoms with E-state index in [1.807, 2.05) is 0 Å². The highest BCUT2D eigenvalue weighted by molar-refractivity contribution is 7.99. The number of pyridine rings is 1. The smallest absolute Gasteiger partial charge is 0.337 e. The van der Waals surface area contributed by atoms with E-state index in [1.165, 1.54) is 25.1 Å². The van der Waals surface area contributed by atoms with Crippen LogP contribution in [0.5, 0.6) is 0 Å². The Bertz CT molecular complexity index is 371. The lowest BCUT2D eigenvalue weighted by Crippen LogP contribution is -1.99. The Morgan fingerprint density at radius 1 is 1.56 bits per heavy atom. The van der Waals surface area contributed by atoms with Crippen molar-refractivity contribution in [3.8, 4) is 0 Å². The van der Waals surface area contributed by atoms with Gasteiger partial charge in [0.2, 0.25) is 0 Å². The van der Waals surface area contributed by atoms with Crippen molar-refractivity contribution in [3.63, 3.8) is 0 Å². The van der Waals surface area contributed by atoms with Crippen LogP contribution >= 0.6 is 23.4 Å². The molecule has 0 fully saturated rings. The van der Waals surface area contributed by atoms with Gasteiger partial charge in [-0.2, -0.15) is 0 Å². The second-order valence-corrected chi connectivity index (χ2v) is 4.89. The van der Waals surface area contributed by atoms with E-state index in [0.717, 1.165) is 17.2 Å². The van der Waals surface area contributed by atoms with Crippen LogP contribution in [-0.4, -0.2) is 21.8 Å². The van der Waals surface area contributed by atoms with Gasteiger partial charge in [0.1, 0.15) is 0 Å². The van der Waals surface area contributed by atoms with Crippen LogP contribution in [0.3, 0.4) is 0 Å². The maximum Gasteiger partial charge on any atom is 0.337 e. The molecule has 0 radical (unpaired) electrons. The molecule has 0 unspecified atom stereocenters. The molecule has 0 aromatic carbocycles. The van der Waals surface area contributed by atoms with Gasteiger partial charge in [0, 0.05) is 6.20 Å². The summed E-state index contributed by atoms with van der Waals surface area (Å²) < 4.78 is 0. The number of hydrogen-bond donors (Lipinski definition) is 1. The Kier molecular flexibility index (Phi) is 5.63. The number of unbranched alkanes of at least 4 members (excludes halogenated alkanes) is 2. The van der Waals surface area contributed by atoms with Gasteiger partial charge in [-0.05, 0) is 18.2 Å². The van der Waals surface area contributed by atoms with Crippen LogP contribution in [0.2, 0.25) is 5.02 Å². The molecule has 16 heavy (non-hydrogen) atoms. The van der Waals surface area contributed by atoms with Crippen molar-refractivity contribution in [1.29, 1.82) is 0 Å². The topological polar surface area (TPSA) is 50.2 Å². The first-order chi connectivity index (χ1) is 7.65. The molecule has 88 valence electrons. The highest BCUT2D eigenvalue weighted by Gasteiger charge is 2.10. The number of aromatic nitrogens is 1. The lowest BCUT2D eigenvalue weighted by atomic mass is 10.3. The molecule has 1 aromatic heterocycles. The summed E-state index contributed by atoms with van der Waals surface area (Å²) in [6.45, 7) is 2.15. The van der Waals surface area contributed by atoms with Gasteiger partial charge >= 0.3 is 5.97 Å². The number of nitrogens with zero attached hydrogens (tertiary/aromatic N) is 1. The molecular formula is C11H14ClNO2S. The minimum absolute atomic E-state index is 0.120. The number of carboxylic acids is 1. The molecule has 1 N–H and O–H groups in total. The summed E-state index contributed by atoms with van der Waals surface area (Å²) in [7, 11) is 0. The number of rotatable bonds is 6. The summed E-state index contributed by atoms with van der Waals surface area (Å²) in [5.74, 6) is -0.0514. The van der Waals surface area contributed by atoms with E-state index in [1.54, 1.807) is 11.8 Å². The Labute approximate surface area is 104 Å². The average molecular weight is 260 g/mol. The fourth-order valence-electron chi connectivity index (χ4n) is 1.19. The summed E-state index contributed by atoms with van der Waals surface area (Å²) in [6, 6.07) is 1.53. The zero-order valence-corrected chi connectivity index (χ0v) is 10.6. The first-order valence-electron chi connectivity index (χ1n) is 5.16. The minimum Gasteiger partial charge on any atom is -0.478 e. The van der Waals surface area contributed by atoms with Crippen LogP contribution in [0.1, 0.15) is 36.5 Å². The number of halogens is 1. The summed E-state index contributed by atoms with van der Waals surface area (Å²) in [6.07, 6.45) is 4.88. The third-order valence-electron chi connectivity index (χ3n) is 2.06. The summed E-state index contributed by atoms with van der Waals surface area (Å²) in [5.41, 5.74) is 0.120. The molecule has 0 aliphatic heterocycles. The van der Waals surface area contributed by atoms with E-state index in [-0.39, 0.29) is 10.6 Å². The number of aromatic carboxylic acids is 1. The van der Waals surface area contributed by atoms with Gasteiger partial charge in [0.05, 0.1) is 15.6 Å². The van der Waals surface area contributed by atoms with Crippen molar-refractivity contribution < 1.29 is 9.90 Å². The number of carboxylic acid groups (broad SMARTS) is 1. The second-order valence-electron chi connectivity index (χ2n) is 3.36. The van der Waals surface area contributed by atoms with Crippen LogP contribution in [0, 0.1) is 0 Å². The monoisotopic (exact) mass is 259 g/mol. The molecule has 1 rings (SSSR count). The molecule has 3 nitrogen and oxygen atoms in total. The molecule has 0 aliphatic rings. The fourth-order valence-corrected chi connectivity index (χ4v) is 2.26. The van der Waals surface area contributed by atoms with E-state index >= 15 is 0 Å². The molecule has 0 saturated carbocycles. The molecule has 0 aliphatic carbocycles. The van der Waals surface area contributed by atoms with Crippen molar-refractivity contribution in [2.24, 2.45) is 0 Å². The second kappa shape index (κ2) is 6.76. The quantitative estimate of drug-likeness (QED) is 0.625. The zero-order chi connectivity index (χ0) is 12.0. The lowest BCUT2D eigenvalue weighted by molar-refractivity contribution is 0.0696. The van der Waals surface area contributed by atoms with E-state index in [4.69, 9.17) is 16.7 Å². The number of hydrogen-bond acceptors (Lipinski definition) is 3. The molecule has 0 bridgehead atoms. The molecule has 1 aromatic rings. The Morgan fingerprint density at radius 3 is 2.94 bits per heavy atom. The molecule has 0 saturated heterocycles. The normalized spacial score (nSPS) is 10.4. The minimum atomic E-state index is -1.01. The first-order valence-corrected chi connectivity index (χ1v) is 6.53. The van der Waals surface area contributed by atoms with Gasteiger partial charge in [0.25, 0.3) is 0 Å². The van der Waals surface area contributed by atoms with Crippen LogP contribution in [0.4, 0.5) is 0 Å².